The normalized spacial score (nSPS) is 11.3. The molecule has 0 aliphatic rings. The van der Waals surface area contributed by atoms with Gasteiger partial charge in [0.05, 0.1) is 0 Å². The average molecular weight is 461 g/mol. The smallest absolute Gasteiger partial charge is 0.0175 e. The predicted molar refractivity (Wildman–Crippen MR) is 138 cm³/mol. The van der Waals surface area contributed by atoms with Gasteiger partial charge in [-0.15, -0.1) is 0 Å². The van der Waals surface area contributed by atoms with Crippen LogP contribution in [0.1, 0.15) is 11.1 Å². The summed E-state index contributed by atoms with van der Waals surface area (Å²) < 4.78 is 1.10. The van der Waals surface area contributed by atoms with Crippen molar-refractivity contribution in [3.63, 3.8) is 0 Å². The van der Waals surface area contributed by atoms with Crippen molar-refractivity contribution in [1.29, 1.82) is 0 Å². The van der Waals surface area contributed by atoms with E-state index in [1.807, 2.05) is 0 Å². The number of rotatable bonds is 4. The molecule has 0 aromatic heterocycles. The molecule has 0 amide bonds. The van der Waals surface area contributed by atoms with Gasteiger partial charge in [0.2, 0.25) is 0 Å². The van der Waals surface area contributed by atoms with Crippen LogP contribution in [0, 0.1) is 0 Å². The standard InChI is InChI=1S/C30H21Br/c31-30-18-16-26(17-19-30)25-11-8-22(9-12-25)6-7-23-10-13-29-21-28(15-14-27(29)20-23)24-4-2-1-3-5-24/h1-21H/b7-6+. The largest absolute Gasteiger partial charge is 0.0622 e. The number of hydrogen-bond donors (Lipinski definition) is 0. The Morgan fingerprint density at radius 3 is 1.68 bits per heavy atom. The molecule has 0 N–H and O–H groups in total. The third-order valence-corrected chi connectivity index (χ3v) is 6.06. The predicted octanol–water partition coefficient (Wildman–Crippen LogP) is 9.11. The molecule has 0 spiro atoms. The molecule has 5 aromatic carbocycles. The monoisotopic (exact) mass is 460 g/mol. The minimum absolute atomic E-state index is 1.10. The van der Waals surface area contributed by atoms with Gasteiger partial charge in [-0.05, 0) is 68.4 Å². The van der Waals surface area contributed by atoms with Crippen molar-refractivity contribution >= 4 is 38.9 Å². The molecular formula is C30H21Br. The lowest BCUT2D eigenvalue weighted by Crippen LogP contribution is -1.81. The highest BCUT2D eigenvalue weighted by atomic mass is 79.9. The van der Waals surface area contributed by atoms with Gasteiger partial charge in [-0.2, -0.15) is 0 Å². The summed E-state index contributed by atoms with van der Waals surface area (Å²) >= 11 is 3.49. The van der Waals surface area contributed by atoms with Crippen molar-refractivity contribution < 1.29 is 0 Å². The molecule has 0 aliphatic heterocycles. The van der Waals surface area contributed by atoms with Crippen molar-refractivity contribution in [3.05, 3.63) is 131 Å². The van der Waals surface area contributed by atoms with E-state index in [1.54, 1.807) is 0 Å². The van der Waals surface area contributed by atoms with Crippen LogP contribution in [0.15, 0.2) is 120 Å². The number of halogens is 1. The van der Waals surface area contributed by atoms with Crippen LogP contribution in [0.4, 0.5) is 0 Å². The van der Waals surface area contributed by atoms with Crippen LogP contribution in [-0.4, -0.2) is 0 Å². The molecule has 0 fully saturated rings. The number of hydrogen-bond acceptors (Lipinski definition) is 0. The van der Waals surface area contributed by atoms with Crippen molar-refractivity contribution in [2.75, 3.05) is 0 Å². The second-order valence-electron chi connectivity index (χ2n) is 7.65. The van der Waals surface area contributed by atoms with E-state index in [2.05, 4.69) is 143 Å². The molecule has 148 valence electrons. The Morgan fingerprint density at radius 2 is 0.935 bits per heavy atom. The molecule has 5 aromatic rings. The minimum atomic E-state index is 1.10. The molecule has 5 rings (SSSR count). The summed E-state index contributed by atoms with van der Waals surface area (Å²) in [6.07, 6.45) is 4.35. The van der Waals surface area contributed by atoms with Crippen molar-refractivity contribution in [2.24, 2.45) is 0 Å². The average Bonchev–Trinajstić information content (AvgIpc) is 2.84. The van der Waals surface area contributed by atoms with Gasteiger partial charge in [0.25, 0.3) is 0 Å². The Hall–Kier alpha value is -3.42. The SMILES string of the molecule is Brc1ccc(-c2ccc(/C=C/c3ccc4cc(-c5ccccc5)ccc4c3)cc2)cc1. The lowest BCUT2D eigenvalue weighted by molar-refractivity contribution is 1.58. The summed E-state index contributed by atoms with van der Waals surface area (Å²) in [5.74, 6) is 0. The van der Waals surface area contributed by atoms with Gasteiger partial charge in [-0.3, -0.25) is 0 Å². The van der Waals surface area contributed by atoms with E-state index in [4.69, 9.17) is 0 Å². The second-order valence-corrected chi connectivity index (χ2v) is 8.57. The molecular weight excluding hydrogens is 440 g/mol. The van der Waals surface area contributed by atoms with Gasteiger partial charge in [-0.1, -0.05) is 119 Å². The van der Waals surface area contributed by atoms with Crippen LogP contribution in [0.3, 0.4) is 0 Å². The summed E-state index contributed by atoms with van der Waals surface area (Å²) in [5, 5.41) is 2.52. The third kappa shape index (κ3) is 4.52. The fourth-order valence-electron chi connectivity index (χ4n) is 3.80. The van der Waals surface area contributed by atoms with E-state index < -0.39 is 0 Å². The maximum Gasteiger partial charge on any atom is 0.0175 e. The molecule has 0 saturated heterocycles. The van der Waals surface area contributed by atoms with Gasteiger partial charge in [0.1, 0.15) is 0 Å². The molecule has 31 heavy (non-hydrogen) atoms. The second kappa shape index (κ2) is 8.75. The van der Waals surface area contributed by atoms with Crippen LogP contribution in [0.2, 0.25) is 0 Å². The van der Waals surface area contributed by atoms with Crippen LogP contribution in [-0.2, 0) is 0 Å². The van der Waals surface area contributed by atoms with E-state index in [1.165, 1.54) is 44.2 Å². The Labute approximate surface area is 191 Å². The molecule has 0 saturated carbocycles. The summed E-state index contributed by atoms with van der Waals surface area (Å²) in [5.41, 5.74) is 7.35. The fraction of sp³-hybridized carbons (Fsp3) is 0. The first-order valence-electron chi connectivity index (χ1n) is 10.4. The zero-order valence-electron chi connectivity index (χ0n) is 17.0. The maximum absolute atomic E-state index is 3.49. The first-order chi connectivity index (χ1) is 15.2. The van der Waals surface area contributed by atoms with Crippen LogP contribution in [0.5, 0.6) is 0 Å². The van der Waals surface area contributed by atoms with Crippen molar-refractivity contribution in [2.45, 2.75) is 0 Å². The van der Waals surface area contributed by atoms with E-state index in [0.717, 1.165) is 4.47 Å². The van der Waals surface area contributed by atoms with Gasteiger partial charge >= 0.3 is 0 Å². The number of fused-ring (bicyclic) bond motifs is 1. The van der Waals surface area contributed by atoms with Crippen molar-refractivity contribution in [3.8, 4) is 22.3 Å². The summed E-state index contributed by atoms with van der Waals surface area (Å²) in [6, 6.07) is 40.9. The van der Waals surface area contributed by atoms with Crippen LogP contribution in [0.25, 0.3) is 45.2 Å². The van der Waals surface area contributed by atoms with E-state index in [9.17, 15) is 0 Å². The molecule has 0 nitrogen and oxygen atoms in total. The van der Waals surface area contributed by atoms with Crippen molar-refractivity contribution in [1.82, 2.24) is 0 Å². The molecule has 0 radical (unpaired) electrons. The van der Waals surface area contributed by atoms with Crippen LogP contribution < -0.4 is 0 Å². The zero-order chi connectivity index (χ0) is 21.0. The van der Waals surface area contributed by atoms with E-state index in [0.29, 0.717) is 0 Å². The molecule has 0 aliphatic carbocycles. The molecule has 0 atom stereocenters. The van der Waals surface area contributed by atoms with Gasteiger partial charge in [0.15, 0.2) is 0 Å². The van der Waals surface area contributed by atoms with E-state index >= 15 is 0 Å². The van der Waals surface area contributed by atoms with Gasteiger partial charge < -0.3 is 0 Å². The molecule has 0 heterocycles. The molecule has 0 bridgehead atoms. The summed E-state index contributed by atoms with van der Waals surface area (Å²) in [7, 11) is 0. The third-order valence-electron chi connectivity index (χ3n) is 5.53. The van der Waals surface area contributed by atoms with E-state index in [-0.39, 0.29) is 0 Å². The first-order valence-corrected chi connectivity index (χ1v) is 11.2. The summed E-state index contributed by atoms with van der Waals surface area (Å²) in [6.45, 7) is 0. The molecule has 0 unspecified atom stereocenters. The van der Waals surface area contributed by atoms with Gasteiger partial charge in [-0.25, -0.2) is 0 Å². The fourth-order valence-corrected chi connectivity index (χ4v) is 4.06. The first kappa shape index (κ1) is 19.5. The highest BCUT2D eigenvalue weighted by Crippen LogP contribution is 2.26. The maximum atomic E-state index is 3.49. The Morgan fingerprint density at radius 1 is 0.419 bits per heavy atom. The number of benzene rings is 5. The lowest BCUT2D eigenvalue weighted by Gasteiger charge is -2.05. The quantitative estimate of drug-likeness (QED) is 0.234. The Bertz CT molecular complexity index is 1350. The summed E-state index contributed by atoms with van der Waals surface area (Å²) in [4.78, 5) is 0. The van der Waals surface area contributed by atoms with Gasteiger partial charge in [0, 0.05) is 4.47 Å². The molecule has 1 heteroatoms. The Balaban J connectivity index is 1.35. The minimum Gasteiger partial charge on any atom is -0.0622 e. The highest BCUT2D eigenvalue weighted by molar-refractivity contribution is 9.10. The Kier molecular flexibility index (Phi) is 5.52. The zero-order valence-corrected chi connectivity index (χ0v) is 18.6. The topological polar surface area (TPSA) is 0 Å². The van der Waals surface area contributed by atoms with Crippen LogP contribution >= 0.6 is 15.9 Å². The highest BCUT2D eigenvalue weighted by Gasteiger charge is 2.01. The lowest BCUT2D eigenvalue weighted by atomic mass is 9.99.